The van der Waals surface area contributed by atoms with Crippen LogP contribution in [0, 0.1) is 0 Å². The molecule has 0 spiro atoms. The highest BCUT2D eigenvalue weighted by Crippen LogP contribution is 2.43. The molecule has 2 heterocycles. The van der Waals surface area contributed by atoms with Gasteiger partial charge in [0, 0.05) is 21.9 Å². The van der Waals surface area contributed by atoms with Crippen molar-refractivity contribution in [3.05, 3.63) is 230 Å². The molecule has 0 aliphatic carbocycles. The third kappa shape index (κ3) is 6.76. The Bertz CT molecular complexity index is 4580. The molecule has 0 atom stereocenters. The van der Waals surface area contributed by atoms with Crippen molar-refractivity contribution in [2.45, 2.75) is 0 Å². The fourth-order valence-corrected chi connectivity index (χ4v) is 6.95. The molecule has 11 rings (SSSR count). The molecule has 61 heavy (non-hydrogen) atoms. The van der Waals surface area contributed by atoms with E-state index in [4.69, 9.17) is 38.3 Å². The summed E-state index contributed by atoms with van der Waals surface area (Å²) >= 11 is 0. The van der Waals surface area contributed by atoms with E-state index in [0.29, 0.717) is 11.1 Å². The van der Waals surface area contributed by atoms with Gasteiger partial charge in [-0.2, -0.15) is 0 Å². The smallest absolute Gasteiger partial charge is 0.166 e. The quantitative estimate of drug-likeness (QED) is 0.154. The first-order valence-corrected chi connectivity index (χ1v) is 18.6. The maximum atomic E-state index is 10.2. The minimum atomic E-state index is -0.963. The van der Waals surface area contributed by atoms with Crippen molar-refractivity contribution < 1.29 is 34.3 Å². The maximum Gasteiger partial charge on any atom is 0.166 e. The van der Waals surface area contributed by atoms with Crippen molar-refractivity contribution >= 4 is 21.8 Å². The molecule has 4 nitrogen and oxygen atoms in total. The summed E-state index contributed by atoms with van der Waals surface area (Å²) in [6, 6.07) is -0.884. The Morgan fingerprint density at radius 3 is 1.41 bits per heavy atom. The standard InChI is InChI=1S/C57H38N4/c1-6-19-39(20-7-1)44-33-34-52-50(38-44)49-29-16-17-31-51(49)61(52)53-32-18-30-48(47-36-45(40-21-8-2-9-22-40)35-46(37-47)41-23-10-3-11-24-41)54(53)57-59-55(42-25-12-4-13-26-42)58-56(60-57)43-27-14-5-15-28-43/h1-38H/i1D,2D,3D,6D,7D,8D,9D,10D,11D,16D,17D,19D,20D,21D,22D,23D,24D,29D,31D,33D,34D,35D,36D,37D,38D. The van der Waals surface area contributed by atoms with Gasteiger partial charge >= 0.3 is 0 Å². The normalized spacial score (nSPS) is 17.0. The average Bonchev–Trinajstić information content (AvgIpc) is 1.46. The number of aromatic nitrogens is 4. The third-order valence-electron chi connectivity index (χ3n) is 9.63. The molecule has 0 aliphatic rings. The predicted octanol–water partition coefficient (Wildman–Crippen LogP) is 14.6. The zero-order valence-corrected chi connectivity index (χ0v) is 31.3. The van der Waals surface area contributed by atoms with Crippen LogP contribution in [-0.2, 0) is 0 Å². The van der Waals surface area contributed by atoms with Gasteiger partial charge in [-0.05, 0) is 86.8 Å². The molecule has 0 radical (unpaired) electrons. The lowest BCUT2D eigenvalue weighted by atomic mass is 9.90. The van der Waals surface area contributed by atoms with Crippen LogP contribution >= 0.6 is 0 Å². The van der Waals surface area contributed by atoms with Gasteiger partial charge in [-0.3, -0.25) is 0 Å². The summed E-state index contributed by atoms with van der Waals surface area (Å²) in [5.41, 5.74) is -6.09. The summed E-state index contributed by atoms with van der Waals surface area (Å²) in [7, 11) is 0. The van der Waals surface area contributed by atoms with Crippen molar-refractivity contribution in [2.75, 3.05) is 0 Å². The molecule has 0 saturated heterocycles. The lowest BCUT2D eigenvalue weighted by Crippen LogP contribution is -2.05. The second-order valence-corrected chi connectivity index (χ2v) is 13.3. The highest BCUT2D eigenvalue weighted by atomic mass is 15.1. The largest absolute Gasteiger partial charge is 0.308 e. The highest BCUT2D eigenvalue weighted by molar-refractivity contribution is 6.11. The summed E-state index contributed by atoms with van der Waals surface area (Å²) in [4.78, 5) is 14.8. The molecule has 0 amide bonds. The van der Waals surface area contributed by atoms with Crippen molar-refractivity contribution in [2.24, 2.45) is 0 Å². The van der Waals surface area contributed by atoms with Crippen LogP contribution in [0.3, 0.4) is 0 Å². The number of hydrogen-bond donors (Lipinski definition) is 0. The van der Waals surface area contributed by atoms with Crippen LogP contribution < -0.4 is 0 Å². The highest BCUT2D eigenvalue weighted by Gasteiger charge is 2.23. The maximum absolute atomic E-state index is 10.2. The lowest BCUT2D eigenvalue weighted by molar-refractivity contribution is 1.06. The topological polar surface area (TPSA) is 43.6 Å². The minimum Gasteiger partial charge on any atom is -0.308 e. The van der Waals surface area contributed by atoms with E-state index in [1.54, 1.807) is 60.7 Å². The van der Waals surface area contributed by atoms with Crippen molar-refractivity contribution in [1.29, 1.82) is 0 Å². The first-order chi connectivity index (χ1) is 40.7. The summed E-state index contributed by atoms with van der Waals surface area (Å²) in [5.74, 6) is -0.380. The Labute approximate surface area is 389 Å². The number of fused-ring (bicyclic) bond motifs is 3. The molecular weight excluding hydrogens is 741 g/mol. The first-order valence-electron chi connectivity index (χ1n) is 31.1. The van der Waals surface area contributed by atoms with E-state index >= 15 is 0 Å². The SMILES string of the molecule is [2H]c1c([2H])c([2H])c(-c2c([2H])c(-c3cccc(-n4c5c([2H])c([2H])c([2H])c([2H])c5c5c([2H])c(-c6c([2H])c([2H])c([2H])c([2H])c6[2H])c([2H])c([2H])c54)c3-c3nc(-c4ccccc4)nc(-c4ccccc4)n3)c([2H])c(-c3c([2H])c([2H])c([2H])c([2H])c3[2H])c2[2H])c([2H])c1[2H]. The summed E-state index contributed by atoms with van der Waals surface area (Å²) in [5, 5.41) is -0.919. The molecule has 0 unspecified atom stereocenters. The number of rotatable bonds is 8. The van der Waals surface area contributed by atoms with Gasteiger partial charge in [-0.25, -0.2) is 15.0 Å². The van der Waals surface area contributed by atoms with Crippen LogP contribution in [0.15, 0.2) is 230 Å². The first kappa shape index (κ1) is 18.4. The minimum absolute atomic E-state index is 0.0102. The number of para-hydroxylation sites is 1. The number of nitrogens with zero attached hydrogens (tertiary/aromatic N) is 4. The Hall–Kier alpha value is -8.21. The van der Waals surface area contributed by atoms with Gasteiger partial charge in [0.15, 0.2) is 17.5 Å². The lowest BCUT2D eigenvalue weighted by Gasteiger charge is -2.19. The fourth-order valence-electron chi connectivity index (χ4n) is 6.95. The Morgan fingerprint density at radius 1 is 0.328 bits per heavy atom. The number of benzene rings is 9. The van der Waals surface area contributed by atoms with Gasteiger partial charge in [-0.1, -0.05) is 188 Å². The third-order valence-corrected chi connectivity index (χ3v) is 9.63. The molecular formula is C57H38N4. The molecule has 0 fully saturated rings. The van der Waals surface area contributed by atoms with Gasteiger partial charge in [0.05, 0.1) is 56.6 Å². The Morgan fingerprint density at radius 2 is 0.820 bits per heavy atom. The van der Waals surface area contributed by atoms with Gasteiger partial charge in [-0.15, -0.1) is 0 Å². The van der Waals surface area contributed by atoms with Gasteiger partial charge in [0.2, 0.25) is 0 Å². The Balaban J connectivity index is 1.42. The summed E-state index contributed by atoms with van der Waals surface area (Å²) in [6.45, 7) is 0. The van der Waals surface area contributed by atoms with Crippen LogP contribution in [0.25, 0.3) is 106 Å². The molecule has 0 N–H and O–H groups in total. The van der Waals surface area contributed by atoms with Crippen LogP contribution in [-0.4, -0.2) is 19.5 Å². The van der Waals surface area contributed by atoms with Crippen LogP contribution in [0.2, 0.25) is 0 Å². The van der Waals surface area contributed by atoms with E-state index in [-0.39, 0.29) is 34.3 Å². The molecule has 0 aliphatic heterocycles. The zero-order valence-electron chi connectivity index (χ0n) is 56.3. The summed E-state index contributed by atoms with van der Waals surface area (Å²) in [6.07, 6.45) is 0. The second kappa shape index (κ2) is 15.5. The Kier molecular flexibility index (Phi) is 4.67. The monoisotopic (exact) mass is 803 g/mol. The molecule has 0 bridgehead atoms. The second-order valence-electron chi connectivity index (χ2n) is 13.3. The van der Waals surface area contributed by atoms with Crippen molar-refractivity contribution in [3.63, 3.8) is 0 Å². The zero-order chi connectivity index (χ0) is 62.3. The molecule has 2 aromatic heterocycles. The summed E-state index contributed by atoms with van der Waals surface area (Å²) < 4.78 is 229. The molecule has 9 aromatic carbocycles. The average molecular weight is 804 g/mol. The molecule has 11 aromatic rings. The number of hydrogen-bond acceptors (Lipinski definition) is 3. The van der Waals surface area contributed by atoms with Crippen LogP contribution in [0.4, 0.5) is 0 Å². The van der Waals surface area contributed by atoms with E-state index in [1.807, 2.05) is 0 Å². The van der Waals surface area contributed by atoms with E-state index in [1.165, 1.54) is 18.2 Å². The van der Waals surface area contributed by atoms with E-state index in [0.717, 1.165) is 4.57 Å². The van der Waals surface area contributed by atoms with Crippen LogP contribution in [0.1, 0.15) is 34.3 Å². The van der Waals surface area contributed by atoms with Gasteiger partial charge < -0.3 is 4.57 Å². The fraction of sp³-hybridized carbons (Fsp3) is 0. The van der Waals surface area contributed by atoms with E-state index in [2.05, 4.69) is 0 Å². The predicted molar refractivity (Wildman–Crippen MR) is 252 cm³/mol. The van der Waals surface area contributed by atoms with E-state index in [9.17, 15) is 11.0 Å². The van der Waals surface area contributed by atoms with Gasteiger partial charge in [0.25, 0.3) is 0 Å². The van der Waals surface area contributed by atoms with Gasteiger partial charge in [0.1, 0.15) is 0 Å². The van der Waals surface area contributed by atoms with Crippen molar-refractivity contribution in [3.8, 4) is 84.4 Å². The van der Waals surface area contributed by atoms with Crippen LogP contribution in [0.5, 0.6) is 0 Å². The van der Waals surface area contributed by atoms with E-state index < -0.39 is 212 Å². The van der Waals surface area contributed by atoms with Crippen molar-refractivity contribution in [1.82, 2.24) is 19.5 Å². The molecule has 0 saturated carbocycles. The molecule has 4 heteroatoms. The molecule has 286 valence electrons.